The lowest BCUT2D eigenvalue weighted by molar-refractivity contribution is -0.121. The molecule has 0 radical (unpaired) electrons. The number of carbonyl (C=O) groups excluding carboxylic acids is 1. The standard InChI is InChI=1S/C12H18N2O2S/c15-7-10-8-17-12(14-10)6-11(16)13-9-4-2-1-3-5-9/h8-9,15H,1-7H2,(H,13,16). The van der Waals surface area contributed by atoms with E-state index in [9.17, 15) is 4.79 Å². The number of aliphatic hydroxyl groups is 1. The minimum absolute atomic E-state index is 0.0516. The first-order valence-corrected chi connectivity index (χ1v) is 6.99. The maximum atomic E-state index is 11.8. The summed E-state index contributed by atoms with van der Waals surface area (Å²) >= 11 is 1.43. The zero-order valence-corrected chi connectivity index (χ0v) is 10.6. The Hall–Kier alpha value is -0.940. The second-order valence-corrected chi connectivity index (χ2v) is 5.41. The van der Waals surface area contributed by atoms with Crippen molar-refractivity contribution in [2.24, 2.45) is 0 Å². The van der Waals surface area contributed by atoms with Gasteiger partial charge in [-0.2, -0.15) is 0 Å². The molecule has 1 amide bonds. The molecule has 5 heteroatoms. The number of aromatic nitrogens is 1. The van der Waals surface area contributed by atoms with Gasteiger partial charge >= 0.3 is 0 Å². The number of hydrogen-bond acceptors (Lipinski definition) is 4. The van der Waals surface area contributed by atoms with Crippen LogP contribution in [0, 0.1) is 0 Å². The third-order valence-electron chi connectivity index (χ3n) is 3.04. The molecule has 94 valence electrons. The highest BCUT2D eigenvalue weighted by molar-refractivity contribution is 7.09. The molecule has 0 atom stereocenters. The fourth-order valence-corrected chi connectivity index (χ4v) is 2.95. The van der Waals surface area contributed by atoms with E-state index >= 15 is 0 Å². The van der Waals surface area contributed by atoms with Crippen LogP contribution in [-0.2, 0) is 17.8 Å². The molecule has 1 aliphatic rings. The Labute approximate surface area is 105 Å². The molecule has 1 aliphatic carbocycles. The molecule has 2 rings (SSSR count). The lowest BCUT2D eigenvalue weighted by atomic mass is 9.95. The van der Waals surface area contributed by atoms with E-state index in [0.29, 0.717) is 18.2 Å². The van der Waals surface area contributed by atoms with Crippen LogP contribution in [0.25, 0.3) is 0 Å². The molecule has 1 fully saturated rings. The Morgan fingerprint density at radius 2 is 2.24 bits per heavy atom. The van der Waals surface area contributed by atoms with E-state index in [1.807, 2.05) is 0 Å². The molecule has 0 aliphatic heterocycles. The van der Waals surface area contributed by atoms with E-state index in [0.717, 1.165) is 17.8 Å². The third kappa shape index (κ3) is 3.78. The van der Waals surface area contributed by atoms with Crippen LogP contribution in [0.2, 0.25) is 0 Å². The monoisotopic (exact) mass is 254 g/mol. The second kappa shape index (κ2) is 6.12. The predicted molar refractivity (Wildman–Crippen MR) is 66.8 cm³/mol. The summed E-state index contributed by atoms with van der Waals surface area (Å²) in [5.74, 6) is 0.0516. The van der Waals surface area contributed by atoms with Gasteiger partial charge in [0.15, 0.2) is 0 Å². The van der Waals surface area contributed by atoms with Crippen molar-refractivity contribution < 1.29 is 9.90 Å². The summed E-state index contributed by atoms with van der Waals surface area (Å²) in [6.07, 6.45) is 6.27. The van der Waals surface area contributed by atoms with Crippen molar-refractivity contribution in [3.63, 3.8) is 0 Å². The van der Waals surface area contributed by atoms with Gasteiger partial charge in [-0.05, 0) is 12.8 Å². The summed E-state index contributed by atoms with van der Waals surface area (Å²) in [7, 11) is 0. The Morgan fingerprint density at radius 1 is 1.47 bits per heavy atom. The molecule has 2 N–H and O–H groups in total. The number of thiazole rings is 1. The molecule has 0 aromatic carbocycles. The molecule has 1 aromatic rings. The second-order valence-electron chi connectivity index (χ2n) is 4.47. The topological polar surface area (TPSA) is 62.2 Å². The van der Waals surface area contributed by atoms with Gasteiger partial charge in [0.2, 0.25) is 5.91 Å². The number of carbonyl (C=O) groups is 1. The van der Waals surface area contributed by atoms with E-state index in [4.69, 9.17) is 5.11 Å². The van der Waals surface area contributed by atoms with Gasteiger partial charge < -0.3 is 10.4 Å². The van der Waals surface area contributed by atoms with Crippen LogP contribution in [0.3, 0.4) is 0 Å². The molecule has 1 saturated carbocycles. The summed E-state index contributed by atoms with van der Waals surface area (Å²) in [4.78, 5) is 15.9. The highest BCUT2D eigenvalue weighted by Gasteiger charge is 2.16. The minimum Gasteiger partial charge on any atom is -0.390 e. The average Bonchev–Trinajstić information content (AvgIpc) is 2.78. The summed E-state index contributed by atoms with van der Waals surface area (Å²) < 4.78 is 0. The number of nitrogens with one attached hydrogen (secondary N) is 1. The van der Waals surface area contributed by atoms with E-state index in [1.54, 1.807) is 5.38 Å². The quantitative estimate of drug-likeness (QED) is 0.858. The maximum absolute atomic E-state index is 11.8. The molecule has 4 nitrogen and oxygen atoms in total. The van der Waals surface area contributed by atoms with Gasteiger partial charge in [-0.15, -0.1) is 11.3 Å². The van der Waals surface area contributed by atoms with Gasteiger partial charge in [0, 0.05) is 11.4 Å². The lowest BCUT2D eigenvalue weighted by Crippen LogP contribution is -2.37. The van der Waals surface area contributed by atoms with Crippen molar-refractivity contribution in [3.8, 4) is 0 Å². The van der Waals surface area contributed by atoms with Crippen LogP contribution in [0.1, 0.15) is 42.8 Å². The molecular weight excluding hydrogens is 236 g/mol. The van der Waals surface area contributed by atoms with Gasteiger partial charge in [-0.25, -0.2) is 4.98 Å². The molecular formula is C12H18N2O2S. The van der Waals surface area contributed by atoms with Crippen LogP contribution in [-0.4, -0.2) is 22.0 Å². The van der Waals surface area contributed by atoms with E-state index in [2.05, 4.69) is 10.3 Å². The van der Waals surface area contributed by atoms with Crippen LogP contribution in [0.4, 0.5) is 0 Å². The molecule has 0 spiro atoms. The van der Waals surface area contributed by atoms with Crippen LogP contribution in [0.15, 0.2) is 5.38 Å². The van der Waals surface area contributed by atoms with Crippen LogP contribution >= 0.6 is 11.3 Å². The maximum Gasteiger partial charge on any atom is 0.227 e. The molecule has 0 unspecified atom stereocenters. The number of aliphatic hydroxyl groups excluding tert-OH is 1. The van der Waals surface area contributed by atoms with Crippen molar-refractivity contribution in [1.29, 1.82) is 0 Å². The molecule has 17 heavy (non-hydrogen) atoms. The van der Waals surface area contributed by atoms with Crippen LogP contribution < -0.4 is 5.32 Å². The normalized spacial score (nSPS) is 17.0. The summed E-state index contributed by atoms with van der Waals surface area (Å²) in [6, 6.07) is 0.355. The van der Waals surface area contributed by atoms with Crippen molar-refractivity contribution in [3.05, 3.63) is 16.1 Å². The lowest BCUT2D eigenvalue weighted by Gasteiger charge is -2.22. The third-order valence-corrected chi connectivity index (χ3v) is 3.94. The number of rotatable bonds is 4. The number of nitrogens with zero attached hydrogens (tertiary/aromatic N) is 1. The fraction of sp³-hybridized carbons (Fsp3) is 0.667. The highest BCUT2D eigenvalue weighted by atomic mass is 32.1. The van der Waals surface area contributed by atoms with Crippen molar-refractivity contribution in [1.82, 2.24) is 10.3 Å². The van der Waals surface area contributed by atoms with E-state index < -0.39 is 0 Å². The van der Waals surface area contributed by atoms with Crippen molar-refractivity contribution in [2.75, 3.05) is 0 Å². The largest absolute Gasteiger partial charge is 0.390 e. The van der Waals surface area contributed by atoms with Gasteiger partial charge in [0.25, 0.3) is 0 Å². The van der Waals surface area contributed by atoms with Gasteiger partial charge in [0.1, 0.15) is 5.01 Å². The number of amides is 1. The Bertz CT molecular complexity index is 372. The predicted octanol–water partition coefficient (Wildman–Crippen LogP) is 1.63. The number of hydrogen-bond donors (Lipinski definition) is 2. The van der Waals surface area contributed by atoms with Gasteiger partial charge in [-0.3, -0.25) is 4.79 Å². The highest BCUT2D eigenvalue weighted by Crippen LogP contribution is 2.17. The molecule has 0 bridgehead atoms. The van der Waals surface area contributed by atoms with E-state index in [1.165, 1.54) is 30.6 Å². The smallest absolute Gasteiger partial charge is 0.227 e. The Balaban J connectivity index is 1.79. The van der Waals surface area contributed by atoms with Crippen molar-refractivity contribution in [2.45, 2.75) is 51.2 Å². The Kier molecular flexibility index (Phi) is 4.50. The first-order valence-electron chi connectivity index (χ1n) is 6.11. The summed E-state index contributed by atoms with van der Waals surface area (Å²) in [5.41, 5.74) is 0.649. The van der Waals surface area contributed by atoms with Crippen molar-refractivity contribution >= 4 is 17.2 Å². The summed E-state index contributed by atoms with van der Waals surface area (Å²) in [6.45, 7) is -0.0548. The zero-order valence-electron chi connectivity index (χ0n) is 9.82. The zero-order chi connectivity index (χ0) is 12.1. The fourth-order valence-electron chi connectivity index (χ4n) is 2.17. The van der Waals surface area contributed by atoms with Gasteiger partial charge in [0.05, 0.1) is 18.7 Å². The Morgan fingerprint density at radius 3 is 2.88 bits per heavy atom. The first kappa shape index (κ1) is 12.5. The molecule has 1 heterocycles. The molecule has 0 saturated heterocycles. The first-order chi connectivity index (χ1) is 8.28. The van der Waals surface area contributed by atoms with Crippen LogP contribution in [0.5, 0.6) is 0 Å². The average molecular weight is 254 g/mol. The molecule has 1 aromatic heterocycles. The SMILES string of the molecule is O=C(Cc1nc(CO)cs1)NC1CCCCC1. The summed E-state index contributed by atoms with van der Waals surface area (Å²) in [5, 5.41) is 14.5. The van der Waals surface area contributed by atoms with Gasteiger partial charge in [-0.1, -0.05) is 19.3 Å². The van der Waals surface area contributed by atoms with E-state index in [-0.39, 0.29) is 12.5 Å². The minimum atomic E-state index is -0.0548.